The highest BCUT2D eigenvalue weighted by molar-refractivity contribution is 5.77. The van der Waals surface area contributed by atoms with E-state index in [0.717, 1.165) is 38.5 Å². The van der Waals surface area contributed by atoms with Gasteiger partial charge in [0, 0.05) is 0 Å². The number of aliphatic carboxylic acids is 1. The molecule has 0 bridgehead atoms. The lowest BCUT2D eigenvalue weighted by Crippen LogP contribution is -2.14. The molecule has 1 saturated carbocycles. The van der Waals surface area contributed by atoms with E-state index in [4.69, 9.17) is 0 Å². The van der Waals surface area contributed by atoms with Crippen LogP contribution in [0.3, 0.4) is 0 Å². The average molecular weight is 331 g/mol. The van der Waals surface area contributed by atoms with E-state index in [1.54, 1.807) is 0 Å². The maximum absolute atomic E-state index is 11.3. The van der Waals surface area contributed by atoms with Crippen molar-refractivity contribution in [2.75, 3.05) is 0 Å². The molecule has 0 unspecified atom stereocenters. The van der Waals surface area contributed by atoms with Crippen LogP contribution in [-0.2, 0) is 17.6 Å². The molecular formula is C22H34O2. The van der Waals surface area contributed by atoms with E-state index >= 15 is 0 Å². The first kappa shape index (κ1) is 19.0. The molecule has 0 amide bonds. The summed E-state index contributed by atoms with van der Waals surface area (Å²) in [5, 5.41) is 9.33. The molecule has 1 aromatic rings. The van der Waals surface area contributed by atoms with Gasteiger partial charge in [0.05, 0.1) is 5.41 Å². The number of benzene rings is 1. The molecular weight excluding hydrogens is 296 g/mol. The predicted molar refractivity (Wildman–Crippen MR) is 101 cm³/mol. The number of carboxylic acids is 1. The SMILES string of the molecule is Cc1cc(CCCC(C)(C)C)c(CCCC2(C(=O)O)CC2)cc1C. The molecule has 2 heteroatoms. The topological polar surface area (TPSA) is 37.3 Å². The van der Waals surface area contributed by atoms with Crippen molar-refractivity contribution in [3.63, 3.8) is 0 Å². The smallest absolute Gasteiger partial charge is 0.309 e. The van der Waals surface area contributed by atoms with Gasteiger partial charge in [-0.05, 0) is 92.9 Å². The number of carbonyl (C=O) groups is 1. The highest BCUT2D eigenvalue weighted by Gasteiger charge is 2.49. The van der Waals surface area contributed by atoms with Crippen LogP contribution < -0.4 is 0 Å². The summed E-state index contributed by atoms with van der Waals surface area (Å²) in [5.74, 6) is -0.590. The maximum Gasteiger partial charge on any atom is 0.309 e. The second-order valence-corrected chi connectivity index (χ2v) is 9.06. The molecule has 0 spiro atoms. The Bertz CT molecular complexity index is 589. The van der Waals surface area contributed by atoms with E-state index < -0.39 is 5.97 Å². The van der Waals surface area contributed by atoms with Gasteiger partial charge in [-0.25, -0.2) is 0 Å². The first-order chi connectivity index (χ1) is 11.1. The van der Waals surface area contributed by atoms with Crippen LogP contribution in [0.25, 0.3) is 0 Å². The lowest BCUT2D eigenvalue weighted by Gasteiger charge is -2.19. The molecule has 0 atom stereocenters. The fourth-order valence-electron chi connectivity index (χ4n) is 3.55. The first-order valence-electron chi connectivity index (χ1n) is 9.45. The van der Waals surface area contributed by atoms with E-state index in [1.807, 2.05) is 0 Å². The van der Waals surface area contributed by atoms with Gasteiger partial charge in [-0.1, -0.05) is 32.9 Å². The van der Waals surface area contributed by atoms with Gasteiger partial charge in [0.2, 0.25) is 0 Å². The first-order valence-corrected chi connectivity index (χ1v) is 9.45. The van der Waals surface area contributed by atoms with Gasteiger partial charge in [0.25, 0.3) is 0 Å². The third kappa shape index (κ3) is 5.09. The van der Waals surface area contributed by atoms with Crippen LogP contribution in [0.1, 0.15) is 81.5 Å². The van der Waals surface area contributed by atoms with Crippen LogP contribution in [-0.4, -0.2) is 11.1 Å². The van der Waals surface area contributed by atoms with Crippen LogP contribution in [0, 0.1) is 24.7 Å². The minimum absolute atomic E-state index is 0.383. The van der Waals surface area contributed by atoms with Crippen LogP contribution in [0.15, 0.2) is 12.1 Å². The summed E-state index contributed by atoms with van der Waals surface area (Å²) in [4.78, 5) is 11.3. The van der Waals surface area contributed by atoms with Gasteiger partial charge in [-0.3, -0.25) is 4.79 Å². The Hall–Kier alpha value is -1.31. The molecule has 1 aliphatic carbocycles. The monoisotopic (exact) mass is 330 g/mol. The summed E-state index contributed by atoms with van der Waals surface area (Å²) in [7, 11) is 0. The number of hydrogen-bond acceptors (Lipinski definition) is 1. The van der Waals surface area contributed by atoms with Gasteiger partial charge in [-0.15, -0.1) is 0 Å². The fraction of sp³-hybridized carbons (Fsp3) is 0.682. The van der Waals surface area contributed by atoms with Crippen LogP contribution in [0.4, 0.5) is 0 Å². The molecule has 0 radical (unpaired) electrons. The van der Waals surface area contributed by atoms with Gasteiger partial charge in [-0.2, -0.15) is 0 Å². The minimum atomic E-state index is -0.590. The number of carboxylic acid groups (broad SMARTS) is 1. The Kier molecular flexibility index (Phi) is 5.78. The molecule has 0 heterocycles. The molecule has 1 aromatic carbocycles. The van der Waals surface area contributed by atoms with Crippen molar-refractivity contribution in [2.45, 2.75) is 86.0 Å². The van der Waals surface area contributed by atoms with Crippen molar-refractivity contribution in [1.82, 2.24) is 0 Å². The van der Waals surface area contributed by atoms with E-state index in [2.05, 4.69) is 46.8 Å². The van der Waals surface area contributed by atoms with Crippen LogP contribution >= 0.6 is 0 Å². The highest BCUT2D eigenvalue weighted by atomic mass is 16.4. The van der Waals surface area contributed by atoms with Crippen molar-refractivity contribution in [3.8, 4) is 0 Å². The van der Waals surface area contributed by atoms with Crippen molar-refractivity contribution >= 4 is 5.97 Å². The zero-order chi connectivity index (χ0) is 18.0. The van der Waals surface area contributed by atoms with Gasteiger partial charge < -0.3 is 5.11 Å². The van der Waals surface area contributed by atoms with Crippen molar-refractivity contribution in [1.29, 1.82) is 0 Å². The zero-order valence-electron chi connectivity index (χ0n) is 16.2. The Balaban J connectivity index is 1.99. The van der Waals surface area contributed by atoms with E-state index in [0.29, 0.717) is 5.41 Å². The molecule has 0 aromatic heterocycles. The molecule has 134 valence electrons. The van der Waals surface area contributed by atoms with E-state index in [-0.39, 0.29) is 5.41 Å². The van der Waals surface area contributed by atoms with E-state index in [1.165, 1.54) is 35.1 Å². The normalized spacial score (nSPS) is 16.2. The van der Waals surface area contributed by atoms with Crippen LogP contribution in [0.5, 0.6) is 0 Å². The minimum Gasteiger partial charge on any atom is -0.481 e. The van der Waals surface area contributed by atoms with Crippen molar-refractivity contribution in [3.05, 3.63) is 34.4 Å². The third-order valence-electron chi connectivity index (χ3n) is 5.60. The quantitative estimate of drug-likeness (QED) is 0.648. The molecule has 24 heavy (non-hydrogen) atoms. The molecule has 1 N–H and O–H groups in total. The van der Waals surface area contributed by atoms with E-state index in [9.17, 15) is 9.90 Å². The molecule has 2 rings (SSSR count). The zero-order valence-corrected chi connectivity index (χ0v) is 16.2. The summed E-state index contributed by atoms with van der Waals surface area (Å²) in [6.07, 6.45) is 8.16. The second kappa shape index (κ2) is 7.29. The Morgan fingerprint density at radius 2 is 1.54 bits per heavy atom. The molecule has 1 aliphatic rings. The summed E-state index contributed by atoms with van der Waals surface area (Å²) >= 11 is 0. The highest BCUT2D eigenvalue weighted by Crippen LogP contribution is 2.50. The van der Waals surface area contributed by atoms with Crippen molar-refractivity contribution < 1.29 is 9.90 Å². The molecule has 0 aliphatic heterocycles. The fourth-order valence-corrected chi connectivity index (χ4v) is 3.55. The summed E-state index contributed by atoms with van der Waals surface area (Å²) in [5.41, 5.74) is 5.64. The Labute approximate surface area is 147 Å². The third-order valence-corrected chi connectivity index (χ3v) is 5.60. The summed E-state index contributed by atoms with van der Waals surface area (Å²) in [6, 6.07) is 4.69. The molecule has 2 nitrogen and oxygen atoms in total. The predicted octanol–water partition coefficient (Wildman–Crippen LogP) is 5.86. The summed E-state index contributed by atoms with van der Waals surface area (Å²) in [6.45, 7) is 11.3. The standard InChI is InChI=1S/C22H34O2/c1-16-14-18(8-6-10-21(3,4)5)19(15-17(16)2)9-7-11-22(12-13-22)20(23)24/h14-15H,6-13H2,1-5H3,(H,23,24). The number of hydrogen-bond donors (Lipinski definition) is 1. The largest absolute Gasteiger partial charge is 0.481 e. The van der Waals surface area contributed by atoms with Crippen LogP contribution in [0.2, 0.25) is 0 Å². The molecule has 1 fully saturated rings. The lowest BCUT2D eigenvalue weighted by molar-refractivity contribution is -0.143. The second-order valence-electron chi connectivity index (χ2n) is 9.06. The number of rotatable bonds is 8. The maximum atomic E-state index is 11.3. The lowest BCUT2D eigenvalue weighted by atomic mass is 9.87. The Morgan fingerprint density at radius 1 is 1.04 bits per heavy atom. The molecule has 0 saturated heterocycles. The van der Waals surface area contributed by atoms with Gasteiger partial charge in [0.1, 0.15) is 0 Å². The average Bonchev–Trinajstić information content (AvgIpc) is 3.23. The van der Waals surface area contributed by atoms with Gasteiger partial charge in [0.15, 0.2) is 0 Å². The Morgan fingerprint density at radius 3 is 1.96 bits per heavy atom. The number of aryl methyl sites for hydroxylation is 4. The van der Waals surface area contributed by atoms with Crippen molar-refractivity contribution in [2.24, 2.45) is 10.8 Å². The summed E-state index contributed by atoms with van der Waals surface area (Å²) < 4.78 is 0. The van der Waals surface area contributed by atoms with Gasteiger partial charge >= 0.3 is 5.97 Å².